The van der Waals surface area contributed by atoms with E-state index in [2.05, 4.69) is 20.3 Å². The maximum Gasteiger partial charge on any atom is 0.214 e. The van der Waals surface area contributed by atoms with Gasteiger partial charge in [-0.05, 0) is 29.8 Å². The SMILES string of the molecule is COc1ccc(Cn2nc(-c3ncc(OC)c(Nc4ccnc(F)c4)n3)c3ccccc32)cc1. The summed E-state index contributed by atoms with van der Waals surface area (Å²) in [4.78, 5) is 12.7. The average Bonchev–Trinajstić information content (AvgIpc) is 3.23. The molecule has 0 atom stereocenters. The lowest BCUT2D eigenvalue weighted by Crippen LogP contribution is -2.03. The van der Waals surface area contributed by atoms with Gasteiger partial charge in [0.25, 0.3) is 0 Å². The van der Waals surface area contributed by atoms with Gasteiger partial charge in [-0.25, -0.2) is 15.0 Å². The maximum atomic E-state index is 13.6. The molecule has 0 unspecified atom stereocenters. The zero-order chi connectivity index (χ0) is 23.5. The number of rotatable bonds is 7. The van der Waals surface area contributed by atoms with E-state index in [1.54, 1.807) is 19.4 Å². The number of nitrogens with one attached hydrogen (secondary N) is 1. The second-order valence-electron chi connectivity index (χ2n) is 7.47. The first-order valence-electron chi connectivity index (χ1n) is 10.5. The van der Waals surface area contributed by atoms with E-state index in [0.717, 1.165) is 22.2 Å². The van der Waals surface area contributed by atoms with Gasteiger partial charge in [-0.2, -0.15) is 9.49 Å². The predicted octanol–water partition coefficient (Wildman–Crippen LogP) is 4.84. The molecule has 0 spiro atoms. The van der Waals surface area contributed by atoms with Gasteiger partial charge in [0.1, 0.15) is 11.4 Å². The maximum absolute atomic E-state index is 13.6. The molecular formula is C25H21FN6O2. The summed E-state index contributed by atoms with van der Waals surface area (Å²) >= 11 is 0. The highest BCUT2D eigenvalue weighted by atomic mass is 19.1. The lowest BCUT2D eigenvalue weighted by atomic mass is 10.2. The molecule has 3 aromatic heterocycles. The van der Waals surface area contributed by atoms with E-state index in [1.807, 2.05) is 53.2 Å². The summed E-state index contributed by atoms with van der Waals surface area (Å²) in [6.45, 7) is 0.571. The predicted molar refractivity (Wildman–Crippen MR) is 127 cm³/mol. The van der Waals surface area contributed by atoms with Crippen molar-refractivity contribution in [3.63, 3.8) is 0 Å². The molecule has 5 rings (SSSR count). The summed E-state index contributed by atoms with van der Waals surface area (Å²) < 4.78 is 26.1. The number of ether oxygens (including phenoxy) is 2. The van der Waals surface area contributed by atoms with Crippen LogP contribution in [0.3, 0.4) is 0 Å². The van der Waals surface area contributed by atoms with Gasteiger partial charge in [0.05, 0.1) is 32.5 Å². The monoisotopic (exact) mass is 456 g/mol. The molecule has 8 nitrogen and oxygen atoms in total. The van der Waals surface area contributed by atoms with Crippen molar-refractivity contribution < 1.29 is 13.9 Å². The number of halogens is 1. The molecule has 0 saturated carbocycles. The van der Waals surface area contributed by atoms with Gasteiger partial charge in [-0.1, -0.05) is 30.3 Å². The number of aromatic nitrogens is 5. The van der Waals surface area contributed by atoms with E-state index in [0.29, 0.717) is 35.3 Å². The van der Waals surface area contributed by atoms with Crippen molar-refractivity contribution in [1.82, 2.24) is 24.7 Å². The molecule has 3 heterocycles. The van der Waals surface area contributed by atoms with E-state index in [-0.39, 0.29) is 0 Å². The molecule has 2 aromatic carbocycles. The number of methoxy groups -OCH3 is 2. The molecule has 5 aromatic rings. The molecule has 1 N–H and O–H groups in total. The van der Waals surface area contributed by atoms with Crippen LogP contribution in [-0.2, 0) is 6.54 Å². The Kier molecular flexibility index (Phi) is 5.73. The summed E-state index contributed by atoms with van der Waals surface area (Å²) in [5.41, 5.74) is 3.16. The summed E-state index contributed by atoms with van der Waals surface area (Å²) in [7, 11) is 3.17. The number of hydrogen-bond donors (Lipinski definition) is 1. The standard InChI is InChI=1S/C25H21FN6O2/c1-33-18-9-7-16(8-10-18)15-32-20-6-4-3-5-19(20)23(31-32)25-28-14-21(34-2)24(30-25)29-17-11-12-27-22(26)13-17/h3-14H,15H2,1-2H3,(H,27,28,29,30). The highest BCUT2D eigenvalue weighted by Gasteiger charge is 2.17. The van der Waals surface area contributed by atoms with Gasteiger partial charge in [0, 0.05) is 23.3 Å². The Morgan fingerprint density at radius 3 is 2.56 bits per heavy atom. The number of nitrogens with zero attached hydrogens (tertiary/aromatic N) is 5. The fourth-order valence-electron chi connectivity index (χ4n) is 3.66. The highest BCUT2D eigenvalue weighted by molar-refractivity contribution is 5.92. The molecule has 0 saturated heterocycles. The first-order valence-corrected chi connectivity index (χ1v) is 10.5. The van der Waals surface area contributed by atoms with E-state index < -0.39 is 5.95 Å². The fraction of sp³-hybridized carbons (Fsp3) is 0.120. The Morgan fingerprint density at radius 1 is 0.971 bits per heavy atom. The minimum atomic E-state index is -0.596. The molecule has 34 heavy (non-hydrogen) atoms. The summed E-state index contributed by atoms with van der Waals surface area (Å²) in [5.74, 6) is 1.44. The number of fused-ring (bicyclic) bond motifs is 1. The van der Waals surface area contributed by atoms with Crippen LogP contribution < -0.4 is 14.8 Å². The van der Waals surface area contributed by atoms with Crippen molar-refractivity contribution in [1.29, 1.82) is 0 Å². The van der Waals surface area contributed by atoms with Crippen LogP contribution in [0.5, 0.6) is 11.5 Å². The van der Waals surface area contributed by atoms with Crippen molar-refractivity contribution in [2.45, 2.75) is 6.54 Å². The van der Waals surface area contributed by atoms with Crippen LogP contribution in [-0.4, -0.2) is 39.0 Å². The largest absolute Gasteiger partial charge is 0.497 e. The third-order valence-electron chi connectivity index (χ3n) is 5.33. The normalized spacial score (nSPS) is 10.9. The molecule has 0 aliphatic carbocycles. The van der Waals surface area contributed by atoms with Crippen molar-refractivity contribution in [2.24, 2.45) is 0 Å². The smallest absolute Gasteiger partial charge is 0.214 e. The number of hydrogen-bond acceptors (Lipinski definition) is 7. The van der Waals surface area contributed by atoms with Gasteiger partial charge < -0.3 is 14.8 Å². The fourth-order valence-corrected chi connectivity index (χ4v) is 3.66. The lowest BCUT2D eigenvalue weighted by molar-refractivity contribution is 0.413. The molecular weight excluding hydrogens is 435 g/mol. The first kappa shape index (κ1) is 21.3. The zero-order valence-electron chi connectivity index (χ0n) is 18.6. The van der Waals surface area contributed by atoms with Crippen molar-refractivity contribution >= 4 is 22.4 Å². The topological polar surface area (TPSA) is 87.0 Å². The first-order chi connectivity index (χ1) is 16.6. The number of benzene rings is 2. The minimum absolute atomic E-state index is 0.395. The van der Waals surface area contributed by atoms with Gasteiger partial charge in [-0.3, -0.25) is 4.68 Å². The summed E-state index contributed by atoms with van der Waals surface area (Å²) in [6, 6.07) is 18.7. The summed E-state index contributed by atoms with van der Waals surface area (Å²) in [5, 5.41) is 8.83. The van der Waals surface area contributed by atoms with Crippen LogP contribution in [0.25, 0.3) is 22.4 Å². The van der Waals surface area contributed by atoms with Gasteiger partial charge in [-0.15, -0.1) is 0 Å². The highest BCUT2D eigenvalue weighted by Crippen LogP contribution is 2.31. The minimum Gasteiger partial charge on any atom is -0.497 e. The van der Waals surface area contributed by atoms with Crippen LogP contribution in [0.1, 0.15) is 5.56 Å². The Bertz CT molecular complexity index is 1450. The average molecular weight is 456 g/mol. The van der Waals surface area contributed by atoms with Crippen LogP contribution in [0, 0.1) is 5.95 Å². The lowest BCUT2D eigenvalue weighted by Gasteiger charge is -2.10. The Hall–Kier alpha value is -4.53. The molecule has 0 radical (unpaired) electrons. The zero-order valence-corrected chi connectivity index (χ0v) is 18.6. The van der Waals surface area contributed by atoms with Crippen molar-refractivity contribution in [3.05, 3.63) is 84.6 Å². The number of pyridine rings is 1. The molecule has 0 aliphatic rings. The molecule has 170 valence electrons. The molecule has 0 aliphatic heterocycles. The van der Waals surface area contributed by atoms with Gasteiger partial charge in [0.2, 0.25) is 5.95 Å². The van der Waals surface area contributed by atoms with Crippen LogP contribution in [0.2, 0.25) is 0 Å². The van der Waals surface area contributed by atoms with E-state index in [9.17, 15) is 4.39 Å². The second kappa shape index (κ2) is 9.14. The van der Waals surface area contributed by atoms with E-state index >= 15 is 0 Å². The van der Waals surface area contributed by atoms with Crippen LogP contribution >= 0.6 is 0 Å². The molecule has 0 bridgehead atoms. The Labute approximate surface area is 195 Å². The Morgan fingerprint density at radius 2 is 1.79 bits per heavy atom. The molecule has 0 fully saturated rings. The van der Waals surface area contributed by atoms with Crippen molar-refractivity contribution in [2.75, 3.05) is 19.5 Å². The third-order valence-corrected chi connectivity index (χ3v) is 5.33. The van der Waals surface area contributed by atoms with Gasteiger partial charge in [0.15, 0.2) is 17.4 Å². The number of anilines is 2. The molecule has 0 amide bonds. The number of para-hydroxylation sites is 1. The van der Waals surface area contributed by atoms with Crippen molar-refractivity contribution in [3.8, 4) is 23.0 Å². The summed E-state index contributed by atoms with van der Waals surface area (Å²) in [6.07, 6.45) is 2.94. The third kappa shape index (κ3) is 4.23. The quantitative estimate of drug-likeness (QED) is 0.351. The van der Waals surface area contributed by atoms with Crippen LogP contribution in [0.15, 0.2) is 73.1 Å². The Balaban J connectivity index is 1.54. The second-order valence-corrected chi connectivity index (χ2v) is 7.47. The van der Waals surface area contributed by atoms with E-state index in [1.165, 1.54) is 19.4 Å². The molecule has 9 heteroatoms. The van der Waals surface area contributed by atoms with Gasteiger partial charge >= 0.3 is 0 Å². The van der Waals surface area contributed by atoms with Crippen LogP contribution in [0.4, 0.5) is 15.9 Å². The van der Waals surface area contributed by atoms with E-state index in [4.69, 9.17) is 14.6 Å².